The Labute approximate surface area is 249 Å². The van der Waals surface area contributed by atoms with E-state index in [9.17, 15) is 18.0 Å². The van der Waals surface area contributed by atoms with Crippen LogP contribution in [-0.2, 0) is 26.2 Å². The van der Waals surface area contributed by atoms with Crippen LogP contribution in [0.2, 0.25) is 5.02 Å². The summed E-state index contributed by atoms with van der Waals surface area (Å²) in [7, 11) is -4.17. The molecule has 0 aliphatic rings. The molecule has 0 unspecified atom stereocenters. The number of sulfonamides is 1. The van der Waals surface area contributed by atoms with Gasteiger partial charge in [0.1, 0.15) is 12.6 Å². The second kappa shape index (κ2) is 13.1. The number of hydrogen-bond acceptors (Lipinski definition) is 4. The van der Waals surface area contributed by atoms with Gasteiger partial charge in [-0.05, 0) is 83.4 Å². The molecule has 0 saturated carbocycles. The Morgan fingerprint density at radius 3 is 2.00 bits per heavy atom. The van der Waals surface area contributed by atoms with Crippen molar-refractivity contribution in [2.24, 2.45) is 0 Å². The van der Waals surface area contributed by atoms with Crippen molar-refractivity contribution in [2.75, 3.05) is 10.8 Å². The van der Waals surface area contributed by atoms with Crippen molar-refractivity contribution in [3.63, 3.8) is 0 Å². The second-order valence-electron chi connectivity index (χ2n) is 11.4. The largest absolute Gasteiger partial charge is 0.350 e. The van der Waals surface area contributed by atoms with Gasteiger partial charge in [-0.15, -0.1) is 0 Å². The molecule has 0 aromatic heterocycles. The van der Waals surface area contributed by atoms with E-state index >= 15 is 0 Å². The van der Waals surface area contributed by atoms with Gasteiger partial charge in [-0.25, -0.2) is 8.42 Å². The predicted molar refractivity (Wildman–Crippen MR) is 166 cm³/mol. The van der Waals surface area contributed by atoms with E-state index in [-0.39, 0.29) is 17.3 Å². The van der Waals surface area contributed by atoms with Crippen molar-refractivity contribution in [1.29, 1.82) is 0 Å². The molecule has 7 nitrogen and oxygen atoms in total. The summed E-state index contributed by atoms with van der Waals surface area (Å²) >= 11 is 6.30. The first-order chi connectivity index (χ1) is 19.1. The Kier molecular flexibility index (Phi) is 10.3. The molecule has 3 rings (SSSR count). The molecule has 0 radical (unpaired) electrons. The lowest BCUT2D eigenvalue weighted by Crippen LogP contribution is -2.55. The highest BCUT2D eigenvalue weighted by atomic mass is 35.5. The van der Waals surface area contributed by atoms with Crippen LogP contribution < -0.4 is 9.62 Å². The van der Waals surface area contributed by atoms with Crippen molar-refractivity contribution in [1.82, 2.24) is 10.2 Å². The molecule has 3 aromatic carbocycles. The molecule has 1 N–H and O–H groups in total. The van der Waals surface area contributed by atoms with Crippen molar-refractivity contribution in [3.05, 3.63) is 94.0 Å². The summed E-state index contributed by atoms with van der Waals surface area (Å²) in [6.07, 6.45) is 0.348. The van der Waals surface area contributed by atoms with Gasteiger partial charge < -0.3 is 10.2 Å². The van der Waals surface area contributed by atoms with E-state index in [4.69, 9.17) is 11.6 Å². The van der Waals surface area contributed by atoms with E-state index in [0.717, 1.165) is 21.0 Å². The summed E-state index contributed by atoms with van der Waals surface area (Å²) in [5, 5.41) is 3.32. The quantitative estimate of drug-likeness (QED) is 0.302. The highest BCUT2D eigenvalue weighted by Gasteiger charge is 2.35. The Bertz CT molecular complexity index is 1480. The van der Waals surface area contributed by atoms with Crippen molar-refractivity contribution in [3.8, 4) is 0 Å². The van der Waals surface area contributed by atoms with Crippen LogP contribution in [0.5, 0.6) is 0 Å². The summed E-state index contributed by atoms with van der Waals surface area (Å²) in [6, 6.07) is 18.3. The second-order valence-corrected chi connectivity index (χ2v) is 13.7. The van der Waals surface area contributed by atoms with Crippen molar-refractivity contribution < 1.29 is 18.0 Å². The van der Waals surface area contributed by atoms with Gasteiger partial charge in [0, 0.05) is 17.1 Å². The number of halogens is 1. The predicted octanol–water partition coefficient (Wildman–Crippen LogP) is 6.18. The number of anilines is 1. The van der Waals surface area contributed by atoms with Gasteiger partial charge in [0.15, 0.2) is 0 Å². The van der Waals surface area contributed by atoms with E-state index in [1.807, 2.05) is 65.8 Å². The van der Waals surface area contributed by atoms with Gasteiger partial charge in [0.25, 0.3) is 10.0 Å². The zero-order valence-corrected chi connectivity index (χ0v) is 26.4. The number of aryl methyl sites for hydroxylation is 3. The standard InChI is InChI=1S/C32H40ClN3O4S/c1-8-28(31(38)34-32(5,6)7)35(20-25-14-9-22(2)10-15-25)30(37)21-36(29-19-26(33)16-13-24(29)4)41(39,40)27-17-11-23(3)12-18-27/h9-19,28H,8,20-21H2,1-7H3,(H,34,38)/t28-/m0/s1. The Morgan fingerprint density at radius 2 is 1.46 bits per heavy atom. The maximum absolute atomic E-state index is 14.2. The molecule has 0 heterocycles. The average Bonchev–Trinajstić information content (AvgIpc) is 2.89. The molecule has 3 aromatic rings. The first-order valence-corrected chi connectivity index (χ1v) is 15.5. The molecule has 0 saturated heterocycles. The van der Waals surface area contributed by atoms with Gasteiger partial charge >= 0.3 is 0 Å². The zero-order chi connectivity index (χ0) is 30.5. The lowest BCUT2D eigenvalue weighted by Gasteiger charge is -2.35. The number of nitrogens with one attached hydrogen (secondary N) is 1. The summed E-state index contributed by atoms with van der Waals surface area (Å²) in [5.41, 5.74) is 3.23. The van der Waals surface area contributed by atoms with Gasteiger partial charge in [0.05, 0.1) is 10.6 Å². The van der Waals surface area contributed by atoms with Crippen molar-refractivity contribution >= 4 is 39.1 Å². The molecule has 41 heavy (non-hydrogen) atoms. The van der Waals surface area contributed by atoms with E-state index < -0.39 is 34.1 Å². The van der Waals surface area contributed by atoms with E-state index in [0.29, 0.717) is 22.7 Å². The highest BCUT2D eigenvalue weighted by molar-refractivity contribution is 7.92. The molecular formula is C32H40ClN3O4S. The van der Waals surface area contributed by atoms with Crippen LogP contribution in [0.25, 0.3) is 0 Å². The minimum atomic E-state index is -4.17. The summed E-state index contributed by atoms with van der Waals surface area (Å²) in [5.74, 6) is -0.802. The van der Waals surface area contributed by atoms with E-state index in [1.54, 1.807) is 37.3 Å². The molecule has 220 valence electrons. The van der Waals surface area contributed by atoms with Crippen LogP contribution >= 0.6 is 11.6 Å². The monoisotopic (exact) mass is 597 g/mol. The fourth-order valence-corrected chi connectivity index (χ4v) is 6.10. The van der Waals surface area contributed by atoms with Crippen LogP contribution in [0, 0.1) is 20.8 Å². The van der Waals surface area contributed by atoms with Gasteiger partial charge in [-0.3, -0.25) is 13.9 Å². The van der Waals surface area contributed by atoms with Crippen LogP contribution in [0.3, 0.4) is 0 Å². The summed E-state index contributed by atoms with van der Waals surface area (Å²) < 4.78 is 29.2. The van der Waals surface area contributed by atoms with E-state index in [1.165, 1.54) is 17.0 Å². The minimum Gasteiger partial charge on any atom is -0.350 e. The molecular weight excluding hydrogens is 558 g/mol. The van der Waals surface area contributed by atoms with Crippen LogP contribution in [0.1, 0.15) is 56.4 Å². The Morgan fingerprint density at radius 1 is 0.902 bits per heavy atom. The minimum absolute atomic E-state index is 0.0536. The summed E-state index contributed by atoms with van der Waals surface area (Å²) in [4.78, 5) is 29.2. The first kappa shape index (κ1) is 32.2. The molecule has 1 atom stereocenters. The number of benzene rings is 3. The third kappa shape index (κ3) is 8.33. The third-order valence-corrected chi connectivity index (χ3v) is 8.69. The SMILES string of the molecule is CC[C@@H](C(=O)NC(C)(C)C)N(Cc1ccc(C)cc1)C(=O)CN(c1cc(Cl)ccc1C)S(=O)(=O)c1ccc(C)cc1. The van der Waals surface area contributed by atoms with Gasteiger partial charge in [-0.1, -0.05) is 72.1 Å². The fraction of sp³-hybridized carbons (Fsp3) is 0.375. The molecule has 9 heteroatoms. The number of rotatable bonds is 10. The van der Waals surface area contributed by atoms with Gasteiger partial charge in [-0.2, -0.15) is 0 Å². The Hall–Kier alpha value is -3.36. The van der Waals surface area contributed by atoms with Crippen LogP contribution in [-0.4, -0.2) is 43.3 Å². The summed E-state index contributed by atoms with van der Waals surface area (Å²) in [6.45, 7) is 12.7. The van der Waals surface area contributed by atoms with Crippen LogP contribution in [0.4, 0.5) is 5.69 Å². The maximum Gasteiger partial charge on any atom is 0.264 e. The topological polar surface area (TPSA) is 86.8 Å². The first-order valence-electron chi connectivity index (χ1n) is 13.6. The zero-order valence-electron chi connectivity index (χ0n) is 24.9. The maximum atomic E-state index is 14.2. The van der Waals surface area contributed by atoms with Crippen LogP contribution in [0.15, 0.2) is 71.6 Å². The number of carbonyl (C=O) groups excluding carboxylic acids is 2. The fourth-order valence-electron chi connectivity index (χ4n) is 4.46. The normalized spacial score (nSPS) is 12.5. The van der Waals surface area contributed by atoms with E-state index in [2.05, 4.69) is 5.32 Å². The number of hydrogen-bond donors (Lipinski definition) is 1. The molecule has 0 aliphatic carbocycles. The highest BCUT2D eigenvalue weighted by Crippen LogP contribution is 2.30. The lowest BCUT2D eigenvalue weighted by atomic mass is 10.1. The molecule has 0 aliphatic heterocycles. The molecule has 0 bridgehead atoms. The van der Waals surface area contributed by atoms with Crippen molar-refractivity contribution in [2.45, 2.75) is 77.9 Å². The smallest absolute Gasteiger partial charge is 0.264 e. The average molecular weight is 598 g/mol. The molecule has 2 amide bonds. The lowest BCUT2D eigenvalue weighted by molar-refractivity contribution is -0.141. The number of carbonyl (C=O) groups is 2. The Balaban J connectivity index is 2.11. The number of amides is 2. The molecule has 0 fully saturated rings. The third-order valence-electron chi connectivity index (χ3n) is 6.69. The number of nitrogens with zero attached hydrogens (tertiary/aromatic N) is 2. The molecule has 0 spiro atoms. The van der Waals surface area contributed by atoms with Gasteiger partial charge in [0.2, 0.25) is 11.8 Å².